The third-order valence-electron chi connectivity index (χ3n) is 3.11. The largest absolute Gasteiger partial charge is 0.480 e. The molecule has 0 aliphatic carbocycles. The highest BCUT2D eigenvalue weighted by atomic mass is 19.3. The number of halogens is 2. The Morgan fingerprint density at radius 3 is 2.33 bits per heavy atom. The highest BCUT2D eigenvalue weighted by Gasteiger charge is 2.21. The number of carbonyl (C=O) groups excluding carboxylic acids is 1. The van der Waals surface area contributed by atoms with Gasteiger partial charge in [-0.2, -0.15) is 8.78 Å². The molecular weight excluding hydrogens is 284 g/mol. The van der Waals surface area contributed by atoms with Crippen LogP contribution in [0.15, 0.2) is 24.3 Å². The summed E-state index contributed by atoms with van der Waals surface area (Å²) in [6.07, 6.45) is 0.535. The molecule has 0 aliphatic heterocycles. The van der Waals surface area contributed by atoms with Gasteiger partial charge in [0.15, 0.2) is 0 Å². The highest BCUT2D eigenvalue weighted by Crippen LogP contribution is 2.16. The Balaban J connectivity index is 2.51. The molecule has 1 atom stereocenters. The van der Waals surface area contributed by atoms with Crippen molar-refractivity contribution in [3.05, 3.63) is 29.8 Å². The standard InChI is InChI=1S/C14H17F2NO4/c1-9(13(19)20)17(2)12(18)8-5-10-3-6-11(7-4-10)21-14(15)16/h3-4,6-7,9,14H,5,8H2,1-2H3,(H,19,20). The van der Waals surface area contributed by atoms with E-state index >= 15 is 0 Å². The summed E-state index contributed by atoms with van der Waals surface area (Å²) in [4.78, 5) is 23.8. The lowest BCUT2D eigenvalue weighted by atomic mass is 10.1. The van der Waals surface area contributed by atoms with Crippen molar-refractivity contribution >= 4 is 11.9 Å². The number of nitrogens with zero attached hydrogens (tertiary/aromatic N) is 1. The van der Waals surface area contributed by atoms with Gasteiger partial charge in [-0.25, -0.2) is 4.79 Å². The van der Waals surface area contributed by atoms with Crippen molar-refractivity contribution in [1.82, 2.24) is 4.90 Å². The first-order valence-electron chi connectivity index (χ1n) is 6.33. The van der Waals surface area contributed by atoms with E-state index in [1.807, 2.05) is 0 Å². The van der Waals surface area contributed by atoms with Gasteiger partial charge in [-0.3, -0.25) is 4.79 Å². The van der Waals surface area contributed by atoms with Crippen molar-refractivity contribution in [2.75, 3.05) is 7.05 Å². The minimum atomic E-state index is -2.87. The normalized spacial score (nSPS) is 12.0. The summed E-state index contributed by atoms with van der Waals surface area (Å²) >= 11 is 0. The zero-order valence-electron chi connectivity index (χ0n) is 11.8. The van der Waals surface area contributed by atoms with E-state index in [-0.39, 0.29) is 18.1 Å². The van der Waals surface area contributed by atoms with Crippen molar-refractivity contribution in [2.45, 2.75) is 32.4 Å². The molecule has 0 spiro atoms. The first-order chi connectivity index (χ1) is 9.81. The number of aliphatic carboxylic acids is 1. The van der Waals surface area contributed by atoms with Crippen LogP contribution in [-0.4, -0.2) is 41.6 Å². The molecule has 0 heterocycles. The van der Waals surface area contributed by atoms with Crippen LogP contribution in [0.5, 0.6) is 5.75 Å². The second kappa shape index (κ2) is 7.56. The molecule has 1 N–H and O–H groups in total. The van der Waals surface area contributed by atoms with Crippen molar-refractivity contribution in [3.8, 4) is 5.75 Å². The van der Waals surface area contributed by atoms with Crippen LogP contribution in [0.1, 0.15) is 18.9 Å². The molecule has 0 radical (unpaired) electrons. The fourth-order valence-electron chi connectivity index (χ4n) is 1.65. The van der Waals surface area contributed by atoms with Crippen molar-refractivity contribution < 1.29 is 28.2 Å². The summed E-state index contributed by atoms with van der Waals surface area (Å²) in [5.41, 5.74) is 0.779. The highest BCUT2D eigenvalue weighted by molar-refractivity contribution is 5.83. The van der Waals surface area contributed by atoms with Crippen LogP contribution in [-0.2, 0) is 16.0 Å². The predicted molar refractivity (Wildman–Crippen MR) is 71.3 cm³/mol. The average Bonchev–Trinajstić information content (AvgIpc) is 2.43. The smallest absolute Gasteiger partial charge is 0.387 e. The minimum Gasteiger partial charge on any atom is -0.480 e. The lowest BCUT2D eigenvalue weighted by Crippen LogP contribution is -2.40. The van der Waals surface area contributed by atoms with Gasteiger partial charge in [-0.15, -0.1) is 0 Å². The Bertz CT molecular complexity index is 490. The Morgan fingerprint density at radius 2 is 1.86 bits per heavy atom. The summed E-state index contributed by atoms with van der Waals surface area (Å²) < 4.78 is 28.2. The van der Waals surface area contributed by atoms with Crippen molar-refractivity contribution in [2.24, 2.45) is 0 Å². The number of aryl methyl sites for hydroxylation is 1. The molecule has 1 rings (SSSR count). The maximum atomic E-state index is 12.0. The van der Waals surface area contributed by atoms with Crippen molar-refractivity contribution in [3.63, 3.8) is 0 Å². The van der Waals surface area contributed by atoms with E-state index < -0.39 is 18.6 Å². The van der Waals surface area contributed by atoms with Crippen LogP contribution in [0.25, 0.3) is 0 Å². The minimum absolute atomic E-state index is 0.0525. The molecule has 1 amide bonds. The number of benzene rings is 1. The number of likely N-dealkylation sites (N-methyl/N-ethyl adjacent to an activating group) is 1. The van der Waals surface area contributed by atoms with Gasteiger partial charge in [0, 0.05) is 13.5 Å². The van der Waals surface area contributed by atoms with E-state index in [9.17, 15) is 18.4 Å². The van der Waals surface area contributed by atoms with Gasteiger partial charge in [0.05, 0.1) is 0 Å². The maximum absolute atomic E-state index is 12.0. The molecule has 0 saturated carbocycles. The number of ether oxygens (including phenoxy) is 1. The zero-order valence-corrected chi connectivity index (χ0v) is 11.8. The number of alkyl halides is 2. The van der Waals surface area contributed by atoms with E-state index in [2.05, 4.69) is 4.74 Å². The molecule has 7 heteroatoms. The van der Waals surface area contributed by atoms with Gasteiger partial charge in [0.25, 0.3) is 0 Å². The Hall–Kier alpha value is -2.18. The summed E-state index contributed by atoms with van der Waals surface area (Å²) in [6.45, 7) is -1.44. The number of amides is 1. The van der Waals surface area contributed by atoms with Crippen LogP contribution < -0.4 is 4.74 Å². The van der Waals surface area contributed by atoms with E-state index in [0.29, 0.717) is 6.42 Å². The Kier molecular flexibility index (Phi) is 6.08. The third kappa shape index (κ3) is 5.37. The zero-order chi connectivity index (χ0) is 16.0. The number of hydrogen-bond acceptors (Lipinski definition) is 3. The molecule has 0 fully saturated rings. The van der Waals surface area contributed by atoms with Gasteiger partial charge < -0.3 is 14.7 Å². The van der Waals surface area contributed by atoms with Crippen LogP contribution in [0.4, 0.5) is 8.78 Å². The molecule has 5 nitrogen and oxygen atoms in total. The number of carbonyl (C=O) groups is 2. The van der Waals surface area contributed by atoms with Crippen molar-refractivity contribution in [1.29, 1.82) is 0 Å². The van der Waals surface area contributed by atoms with Gasteiger partial charge in [-0.1, -0.05) is 12.1 Å². The Morgan fingerprint density at radius 1 is 1.29 bits per heavy atom. The van der Waals surface area contributed by atoms with Crippen LogP contribution >= 0.6 is 0 Å². The first-order valence-corrected chi connectivity index (χ1v) is 6.33. The molecule has 0 aromatic heterocycles. The molecule has 0 bridgehead atoms. The second-order valence-corrected chi connectivity index (χ2v) is 4.54. The van der Waals surface area contributed by atoms with E-state index in [1.54, 1.807) is 12.1 Å². The summed E-state index contributed by atoms with van der Waals surface area (Å²) in [7, 11) is 1.43. The second-order valence-electron chi connectivity index (χ2n) is 4.54. The molecule has 1 aromatic rings. The van der Waals surface area contributed by atoms with Gasteiger partial charge in [-0.05, 0) is 31.0 Å². The topological polar surface area (TPSA) is 66.8 Å². The van der Waals surface area contributed by atoms with Crippen LogP contribution in [0, 0.1) is 0 Å². The van der Waals surface area contributed by atoms with Gasteiger partial charge in [0.1, 0.15) is 11.8 Å². The van der Waals surface area contributed by atoms with Crippen LogP contribution in [0.2, 0.25) is 0 Å². The molecule has 116 valence electrons. The van der Waals surface area contributed by atoms with E-state index in [0.717, 1.165) is 10.5 Å². The van der Waals surface area contributed by atoms with E-state index in [4.69, 9.17) is 5.11 Å². The van der Waals surface area contributed by atoms with Gasteiger partial charge >= 0.3 is 12.6 Å². The molecular formula is C14H17F2NO4. The van der Waals surface area contributed by atoms with Gasteiger partial charge in [0.2, 0.25) is 5.91 Å². The number of hydrogen-bond donors (Lipinski definition) is 1. The average molecular weight is 301 g/mol. The summed E-state index contributed by atoms with van der Waals surface area (Å²) in [5.74, 6) is -1.31. The molecule has 0 aliphatic rings. The number of rotatable bonds is 7. The molecule has 0 saturated heterocycles. The molecule has 1 unspecified atom stereocenters. The summed E-state index contributed by atoms with van der Waals surface area (Å²) in [5, 5.41) is 8.82. The van der Waals surface area contributed by atoms with E-state index in [1.165, 1.54) is 26.1 Å². The molecule has 21 heavy (non-hydrogen) atoms. The quantitative estimate of drug-likeness (QED) is 0.838. The van der Waals surface area contributed by atoms with Crippen LogP contribution in [0.3, 0.4) is 0 Å². The first kappa shape index (κ1) is 16.9. The fraction of sp³-hybridized carbons (Fsp3) is 0.429. The Labute approximate surface area is 121 Å². The molecule has 1 aromatic carbocycles. The predicted octanol–water partition coefficient (Wildman–Crippen LogP) is 2.15. The fourth-order valence-corrected chi connectivity index (χ4v) is 1.65. The summed E-state index contributed by atoms with van der Waals surface area (Å²) in [6, 6.07) is 5.09. The number of carboxylic acids is 1. The SMILES string of the molecule is CC(C(=O)O)N(C)C(=O)CCc1ccc(OC(F)F)cc1. The number of carboxylic acid groups (broad SMARTS) is 1. The lowest BCUT2D eigenvalue weighted by molar-refractivity contribution is -0.148. The maximum Gasteiger partial charge on any atom is 0.387 e. The monoisotopic (exact) mass is 301 g/mol. The third-order valence-corrected chi connectivity index (χ3v) is 3.11. The lowest BCUT2D eigenvalue weighted by Gasteiger charge is -2.21.